The Labute approximate surface area is 187 Å². The number of imidazole rings is 1. The number of nitrogens with zero attached hydrogens (tertiary/aromatic N) is 3. The van der Waals surface area contributed by atoms with E-state index in [1.165, 1.54) is 43.3 Å². The van der Waals surface area contributed by atoms with Gasteiger partial charge in [-0.3, -0.25) is 9.20 Å². The van der Waals surface area contributed by atoms with Crippen molar-refractivity contribution in [2.75, 3.05) is 26.2 Å². The monoisotopic (exact) mass is 432 g/mol. The Morgan fingerprint density at radius 3 is 2.74 bits per heavy atom. The Hall–Kier alpha value is -2.57. The van der Waals surface area contributed by atoms with Crippen molar-refractivity contribution >= 4 is 29.4 Å². The largest absolute Gasteiger partial charge is 0.352 e. The van der Waals surface area contributed by atoms with Gasteiger partial charge in [0.15, 0.2) is 0 Å². The first-order chi connectivity index (χ1) is 15.3. The standard InChI is InChI=1S/C25H28N4OS/c30-25(22-17-21-18-27-23-9-6-10-24(31-22)29(21)23)26-13-4-5-14-28-15-11-20(12-16-28)19-7-2-1-3-8-19/h1-3,6-10,17-18,20H,4-5,11-16H2,(H,26,30). The molecule has 0 bridgehead atoms. The van der Waals surface area contributed by atoms with Gasteiger partial charge >= 0.3 is 0 Å². The van der Waals surface area contributed by atoms with Crippen molar-refractivity contribution < 1.29 is 4.79 Å². The minimum atomic E-state index is 0.0122. The molecule has 6 heteroatoms. The quantitative estimate of drug-likeness (QED) is 0.556. The van der Waals surface area contributed by atoms with Crippen LogP contribution in [0, 0.1) is 0 Å². The number of thioether (sulfide) groups is 1. The third-order valence-electron chi connectivity index (χ3n) is 6.28. The smallest absolute Gasteiger partial charge is 0.258 e. The van der Waals surface area contributed by atoms with Crippen molar-refractivity contribution in [1.82, 2.24) is 19.6 Å². The van der Waals surface area contributed by atoms with Crippen molar-refractivity contribution in [3.8, 4) is 0 Å². The van der Waals surface area contributed by atoms with Gasteiger partial charge in [-0.2, -0.15) is 0 Å². The lowest BCUT2D eigenvalue weighted by molar-refractivity contribution is -0.116. The molecule has 2 aromatic heterocycles. The predicted octanol–water partition coefficient (Wildman–Crippen LogP) is 4.56. The molecule has 0 radical (unpaired) electrons. The first-order valence-electron chi connectivity index (χ1n) is 11.2. The fourth-order valence-electron chi connectivity index (χ4n) is 4.56. The fourth-order valence-corrected chi connectivity index (χ4v) is 5.57. The number of nitrogens with one attached hydrogen (secondary N) is 1. The molecule has 5 nitrogen and oxygen atoms in total. The Morgan fingerprint density at radius 1 is 1.06 bits per heavy atom. The van der Waals surface area contributed by atoms with E-state index in [0.717, 1.165) is 47.2 Å². The second kappa shape index (κ2) is 9.28. The number of hydrogen-bond donors (Lipinski definition) is 1. The lowest BCUT2D eigenvalue weighted by Gasteiger charge is -2.32. The summed E-state index contributed by atoms with van der Waals surface area (Å²) in [4.78, 5) is 20.4. The van der Waals surface area contributed by atoms with Crippen LogP contribution in [0.1, 0.15) is 42.9 Å². The SMILES string of the molecule is O=C(NCCCCN1CCC(c2ccccc2)CC1)C1=Cc2cnc3cccc(n23)S1. The van der Waals surface area contributed by atoms with Gasteiger partial charge in [0.2, 0.25) is 0 Å². The summed E-state index contributed by atoms with van der Waals surface area (Å²) < 4.78 is 2.09. The number of aromatic nitrogens is 2. The molecule has 1 aromatic carbocycles. The van der Waals surface area contributed by atoms with Crippen LogP contribution in [0.15, 0.2) is 64.7 Å². The molecular weight excluding hydrogens is 404 g/mol. The molecule has 1 saturated heterocycles. The van der Waals surface area contributed by atoms with E-state index in [2.05, 4.69) is 49.9 Å². The number of carbonyl (C=O) groups is 1. The minimum Gasteiger partial charge on any atom is -0.352 e. The van der Waals surface area contributed by atoms with E-state index >= 15 is 0 Å². The average molecular weight is 433 g/mol. The zero-order valence-electron chi connectivity index (χ0n) is 17.7. The van der Waals surface area contributed by atoms with E-state index < -0.39 is 0 Å². The highest BCUT2D eigenvalue weighted by Gasteiger charge is 2.21. The normalized spacial score (nSPS) is 17.0. The molecule has 2 aliphatic heterocycles. The zero-order chi connectivity index (χ0) is 21.0. The molecule has 0 spiro atoms. The minimum absolute atomic E-state index is 0.0122. The van der Waals surface area contributed by atoms with Crippen molar-refractivity contribution in [3.05, 3.63) is 70.9 Å². The van der Waals surface area contributed by atoms with Gasteiger partial charge < -0.3 is 10.2 Å². The highest BCUT2D eigenvalue weighted by Crippen LogP contribution is 2.34. The number of rotatable bonds is 7. The van der Waals surface area contributed by atoms with E-state index in [1.54, 1.807) is 0 Å². The molecule has 2 aliphatic rings. The van der Waals surface area contributed by atoms with E-state index in [1.807, 2.05) is 30.5 Å². The number of pyridine rings is 1. The molecule has 31 heavy (non-hydrogen) atoms. The summed E-state index contributed by atoms with van der Waals surface area (Å²) in [5.74, 6) is 0.721. The zero-order valence-corrected chi connectivity index (χ0v) is 18.5. The summed E-state index contributed by atoms with van der Waals surface area (Å²) in [6.45, 7) is 4.19. The second-order valence-electron chi connectivity index (χ2n) is 8.34. The molecule has 0 atom stereocenters. The van der Waals surface area contributed by atoms with E-state index in [4.69, 9.17) is 0 Å². The average Bonchev–Trinajstić information content (AvgIpc) is 3.24. The van der Waals surface area contributed by atoms with Crippen molar-refractivity contribution in [3.63, 3.8) is 0 Å². The highest BCUT2D eigenvalue weighted by atomic mass is 32.2. The molecular formula is C25H28N4OS. The molecule has 3 aromatic rings. The van der Waals surface area contributed by atoms with Crippen LogP contribution in [0.5, 0.6) is 0 Å². The van der Waals surface area contributed by atoms with Crippen LogP contribution >= 0.6 is 11.8 Å². The number of hydrogen-bond acceptors (Lipinski definition) is 4. The molecule has 1 N–H and O–H groups in total. The third kappa shape index (κ3) is 4.55. The number of carbonyl (C=O) groups excluding carboxylic acids is 1. The Kier molecular flexibility index (Phi) is 6.09. The van der Waals surface area contributed by atoms with Gasteiger partial charge in [0.25, 0.3) is 5.91 Å². The summed E-state index contributed by atoms with van der Waals surface area (Å²) in [7, 11) is 0. The summed E-state index contributed by atoms with van der Waals surface area (Å²) >= 11 is 1.51. The molecule has 1 amide bonds. The molecule has 160 valence electrons. The van der Waals surface area contributed by atoms with Crippen molar-refractivity contribution in [1.29, 1.82) is 0 Å². The number of amides is 1. The van der Waals surface area contributed by atoms with Crippen LogP contribution in [-0.4, -0.2) is 46.4 Å². The first-order valence-corrected chi connectivity index (χ1v) is 12.0. The lowest BCUT2D eigenvalue weighted by Crippen LogP contribution is -2.34. The summed E-state index contributed by atoms with van der Waals surface area (Å²) in [5, 5.41) is 4.14. The third-order valence-corrected chi connectivity index (χ3v) is 7.33. The Balaban J connectivity index is 1.03. The summed E-state index contributed by atoms with van der Waals surface area (Å²) in [6.07, 6.45) is 8.38. The van der Waals surface area contributed by atoms with Gasteiger partial charge in [-0.25, -0.2) is 4.98 Å². The van der Waals surface area contributed by atoms with Crippen LogP contribution in [0.25, 0.3) is 11.7 Å². The molecule has 5 rings (SSSR count). The van der Waals surface area contributed by atoms with Gasteiger partial charge in [0.05, 0.1) is 21.8 Å². The van der Waals surface area contributed by atoms with Gasteiger partial charge in [-0.15, -0.1) is 0 Å². The molecule has 4 heterocycles. The second-order valence-corrected chi connectivity index (χ2v) is 9.40. The van der Waals surface area contributed by atoms with Gasteiger partial charge in [0.1, 0.15) is 5.65 Å². The number of likely N-dealkylation sites (tertiary alicyclic amines) is 1. The Bertz CT molecular complexity index is 1080. The maximum atomic E-state index is 12.6. The Morgan fingerprint density at radius 2 is 1.90 bits per heavy atom. The van der Waals surface area contributed by atoms with E-state index in [-0.39, 0.29) is 5.91 Å². The van der Waals surface area contributed by atoms with Crippen molar-refractivity contribution in [2.24, 2.45) is 0 Å². The van der Waals surface area contributed by atoms with E-state index in [9.17, 15) is 4.79 Å². The topological polar surface area (TPSA) is 49.6 Å². The first kappa shape index (κ1) is 20.3. The molecule has 0 unspecified atom stereocenters. The maximum Gasteiger partial charge on any atom is 0.258 e. The van der Waals surface area contributed by atoms with Crippen LogP contribution in [0.4, 0.5) is 0 Å². The van der Waals surface area contributed by atoms with Crippen molar-refractivity contribution in [2.45, 2.75) is 36.6 Å². The van der Waals surface area contributed by atoms with Crippen LogP contribution in [-0.2, 0) is 4.79 Å². The predicted molar refractivity (Wildman–Crippen MR) is 126 cm³/mol. The number of unbranched alkanes of at least 4 members (excludes halogenated alkanes) is 1. The number of piperidine rings is 1. The highest BCUT2D eigenvalue weighted by molar-refractivity contribution is 8.04. The van der Waals surface area contributed by atoms with Crippen LogP contribution < -0.4 is 5.32 Å². The van der Waals surface area contributed by atoms with E-state index in [0.29, 0.717) is 5.92 Å². The maximum absolute atomic E-state index is 12.6. The molecule has 0 saturated carbocycles. The number of benzene rings is 1. The summed E-state index contributed by atoms with van der Waals surface area (Å²) in [6, 6.07) is 16.9. The summed E-state index contributed by atoms with van der Waals surface area (Å²) in [5.41, 5.74) is 3.37. The van der Waals surface area contributed by atoms with Gasteiger partial charge in [-0.05, 0) is 75.0 Å². The fraction of sp³-hybridized carbons (Fsp3) is 0.360. The van der Waals surface area contributed by atoms with Gasteiger partial charge in [-0.1, -0.05) is 48.2 Å². The molecule has 1 fully saturated rings. The van der Waals surface area contributed by atoms with Crippen LogP contribution in [0.3, 0.4) is 0 Å². The lowest BCUT2D eigenvalue weighted by atomic mass is 9.89. The molecule has 0 aliphatic carbocycles. The van der Waals surface area contributed by atoms with Crippen LogP contribution in [0.2, 0.25) is 0 Å². The van der Waals surface area contributed by atoms with Gasteiger partial charge in [0, 0.05) is 6.54 Å².